The molecule has 0 radical (unpaired) electrons. The number of rotatable bonds is 2. The van der Waals surface area contributed by atoms with Gasteiger partial charge in [-0.3, -0.25) is 19.6 Å². The number of fused-ring (bicyclic) bond motifs is 2. The number of ketones is 2. The largest absolute Gasteiger partial charge is 0.294 e. The lowest BCUT2D eigenvalue weighted by atomic mass is 9.84. The summed E-state index contributed by atoms with van der Waals surface area (Å²) in [5.74, 6) is 3.53. The monoisotopic (exact) mass is 440 g/mol. The Labute approximate surface area is 197 Å². The normalized spacial score (nSPS) is 15.0. The molecule has 2 aliphatic carbocycles. The number of pyridine rings is 2. The molecule has 4 nitrogen and oxygen atoms in total. The Hall–Kier alpha value is -3.32. The molecular formula is C29H32N2O2. The standard InChI is InChI=1S/C15H19NO.C14H13NO/c1-8(2)13-7-16-15-10(4)9(3)14(17)6-12(15)11(13)5;1-4-10-6-13-11(7-14(10)16)5-12(8-15-13)9(2)3/h7-8H,6H2,1-5H3;1,5-6,8-9H,7H2,2-3H3. The minimum Gasteiger partial charge on any atom is -0.294 e. The molecule has 33 heavy (non-hydrogen) atoms. The van der Waals surface area contributed by atoms with Crippen LogP contribution in [0.1, 0.15) is 92.6 Å². The van der Waals surface area contributed by atoms with Crippen molar-refractivity contribution in [2.24, 2.45) is 0 Å². The Kier molecular flexibility index (Phi) is 7.12. The number of allylic oxidation sites excluding steroid dienone is 3. The average molecular weight is 441 g/mol. The molecule has 0 aromatic carbocycles. The van der Waals surface area contributed by atoms with Gasteiger partial charge in [-0.1, -0.05) is 39.7 Å². The van der Waals surface area contributed by atoms with Crippen LogP contribution in [0, 0.1) is 19.3 Å². The van der Waals surface area contributed by atoms with E-state index in [0.29, 0.717) is 30.3 Å². The van der Waals surface area contributed by atoms with E-state index in [0.717, 1.165) is 39.2 Å². The van der Waals surface area contributed by atoms with Crippen molar-refractivity contribution in [2.75, 3.05) is 0 Å². The van der Waals surface area contributed by atoms with Crippen LogP contribution < -0.4 is 0 Å². The average Bonchev–Trinajstić information content (AvgIpc) is 2.77. The van der Waals surface area contributed by atoms with Gasteiger partial charge in [-0.05, 0) is 77.6 Å². The van der Waals surface area contributed by atoms with Crippen LogP contribution in [0.5, 0.6) is 0 Å². The molecule has 4 heteroatoms. The van der Waals surface area contributed by atoms with Crippen LogP contribution in [0.2, 0.25) is 0 Å². The predicted molar refractivity (Wildman–Crippen MR) is 134 cm³/mol. The zero-order chi connectivity index (χ0) is 24.4. The summed E-state index contributed by atoms with van der Waals surface area (Å²) in [5, 5.41) is 0. The zero-order valence-electron chi connectivity index (χ0n) is 20.7. The third-order valence-electron chi connectivity index (χ3n) is 6.58. The van der Waals surface area contributed by atoms with Gasteiger partial charge in [0.05, 0.1) is 17.0 Å². The second-order valence-electron chi connectivity index (χ2n) is 9.44. The van der Waals surface area contributed by atoms with Crippen molar-refractivity contribution in [3.05, 3.63) is 68.8 Å². The molecule has 4 rings (SSSR count). The van der Waals surface area contributed by atoms with Gasteiger partial charge in [0, 0.05) is 25.2 Å². The van der Waals surface area contributed by atoms with E-state index < -0.39 is 0 Å². The predicted octanol–water partition coefficient (Wildman–Crippen LogP) is 5.78. The van der Waals surface area contributed by atoms with E-state index in [1.54, 1.807) is 6.08 Å². The van der Waals surface area contributed by atoms with Gasteiger partial charge in [0.2, 0.25) is 0 Å². The van der Waals surface area contributed by atoms with Crippen LogP contribution in [0.3, 0.4) is 0 Å². The lowest BCUT2D eigenvalue weighted by Gasteiger charge is -2.22. The molecule has 0 unspecified atom stereocenters. The van der Waals surface area contributed by atoms with E-state index in [1.165, 1.54) is 11.1 Å². The summed E-state index contributed by atoms with van der Waals surface area (Å²) < 4.78 is 0. The third kappa shape index (κ3) is 4.88. The van der Waals surface area contributed by atoms with E-state index in [-0.39, 0.29) is 11.6 Å². The molecule has 0 aliphatic heterocycles. The van der Waals surface area contributed by atoms with Crippen LogP contribution in [0.15, 0.2) is 29.6 Å². The molecule has 0 fully saturated rings. The van der Waals surface area contributed by atoms with E-state index in [2.05, 4.69) is 56.6 Å². The maximum atomic E-state index is 11.9. The van der Waals surface area contributed by atoms with Crippen molar-refractivity contribution in [3.63, 3.8) is 0 Å². The zero-order valence-corrected chi connectivity index (χ0v) is 20.7. The summed E-state index contributed by atoms with van der Waals surface area (Å²) in [5.41, 5.74) is 9.94. The van der Waals surface area contributed by atoms with Gasteiger partial charge >= 0.3 is 0 Å². The van der Waals surface area contributed by atoms with Crippen LogP contribution >= 0.6 is 0 Å². The summed E-state index contributed by atoms with van der Waals surface area (Å²) in [6, 6.07) is 2.05. The molecule has 2 heterocycles. The highest BCUT2D eigenvalue weighted by molar-refractivity contribution is 6.07. The Balaban J connectivity index is 0.000000186. The van der Waals surface area contributed by atoms with Gasteiger partial charge in [-0.25, -0.2) is 0 Å². The summed E-state index contributed by atoms with van der Waals surface area (Å²) in [6.45, 7) is 14.5. The van der Waals surface area contributed by atoms with Gasteiger partial charge in [0.1, 0.15) is 0 Å². The number of nitrogens with zero attached hydrogens (tertiary/aromatic N) is 2. The first-order valence-corrected chi connectivity index (χ1v) is 11.4. The highest BCUT2D eigenvalue weighted by Crippen LogP contribution is 2.32. The van der Waals surface area contributed by atoms with Crippen LogP contribution in [-0.2, 0) is 22.4 Å². The quantitative estimate of drug-likeness (QED) is 0.556. The van der Waals surface area contributed by atoms with Crippen LogP contribution in [-0.4, -0.2) is 21.5 Å². The Morgan fingerprint density at radius 1 is 0.909 bits per heavy atom. The molecular weight excluding hydrogens is 408 g/mol. The molecule has 2 aromatic rings. The number of terminal acetylenes is 1. The van der Waals surface area contributed by atoms with Gasteiger partial charge < -0.3 is 0 Å². The van der Waals surface area contributed by atoms with Crippen LogP contribution in [0.25, 0.3) is 11.6 Å². The van der Waals surface area contributed by atoms with Crippen molar-refractivity contribution < 1.29 is 9.59 Å². The first-order valence-electron chi connectivity index (χ1n) is 11.4. The molecule has 0 saturated carbocycles. The highest BCUT2D eigenvalue weighted by atomic mass is 16.1. The van der Waals surface area contributed by atoms with E-state index in [1.807, 2.05) is 26.2 Å². The van der Waals surface area contributed by atoms with Crippen LogP contribution in [0.4, 0.5) is 0 Å². The van der Waals surface area contributed by atoms with Gasteiger partial charge in [-0.2, -0.15) is 0 Å². The fourth-order valence-corrected chi connectivity index (χ4v) is 4.20. The minimum atomic E-state index is 0.0118. The molecule has 2 aromatic heterocycles. The second-order valence-corrected chi connectivity index (χ2v) is 9.44. The third-order valence-corrected chi connectivity index (χ3v) is 6.58. The molecule has 170 valence electrons. The molecule has 0 atom stereocenters. The second kappa shape index (κ2) is 9.67. The SMILES string of the molecule is C#CC1=Cc2ncc(C(C)C)cc2CC1=O.CC1=C(C)c2ncc(C(C)C)c(C)c2CC1=O. The number of hydrogen-bond acceptors (Lipinski definition) is 4. The first-order chi connectivity index (χ1) is 15.5. The lowest BCUT2D eigenvalue weighted by Crippen LogP contribution is -2.17. The Morgan fingerprint density at radius 3 is 2.21 bits per heavy atom. The van der Waals surface area contributed by atoms with Gasteiger partial charge in [-0.15, -0.1) is 6.42 Å². The number of carbonyl (C=O) groups excluding carboxylic acids is 2. The summed E-state index contributed by atoms with van der Waals surface area (Å²) in [4.78, 5) is 32.5. The lowest BCUT2D eigenvalue weighted by molar-refractivity contribution is -0.115. The summed E-state index contributed by atoms with van der Waals surface area (Å²) in [6.07, 6.45) is 11.7. The fraction of sp³-hybridized carbons (Fsp3) is 0.379. The first kappa shape index (κ1) is 24.3. The van der Waals surface area contributed by atoms with Crippen molar-refractivity contribution in [3.8, 4) is 12.3 Å². The topological polar surface area (TPSA) is 59.9 Å². The maximum Gasteiger partial charge on any atom is 0.175 e. The molecule has 0 spiro atoms. The summed E-state index contributed by atoms with van der Waals surface area (Å²) >= 11 is 0. The number of carbonyl (C=O) groups is 2. The molecule has 0 amide bonds. The number of Topliss-reactive ketones (excluding diaryl/α,β-unsaturated/α-hetero) is 2. The van der Waals surface area contributed by atoms with E-state index in [9.17, 15) is 9.59 Å². The van der Waals surface area contributed by atoms with Crippen molar-refractivity contribution in [1.29, 1.82) is 0 Å². The smallest absolute Gasteiger partial charge is 0.175 e. The van der Waals surface area contributed by atoms with E-state index in [4.69, 9.17) is 6.42 Å². The number of aromatic nitrogens is 2. The summed E-state index contributed by atoms with van der Waals surface area (Å²) in [7, 11) is 0. The molecule has 0 bridgehead atoms. The highest BCUT2D eigenvalue weighted by Gasteiger charge is 2.24. The fourth-order valence-electron chi connectivity index (χ4n) is 4.20. The molecule has 0 N–H and O–H groups in total. The van der Waals surface area contributed by atoms with Crippen molar-refractivity contribution in [1.82, 2.24) is 9.97 Å². The number of hydrogen-bond donors (Lipinski definition) is 0. The molecule has 2 aliphatic rings. The van der Waals surface area contributed by atoms with E-state index >= 15 is 0 Å². The maximum absolute atomic E-state index is 11.9. The van der Waals surface area contributed by atoms with Crippen molar-refractivity contribution in [2.45, 2.75) is 73.1 Å². The Morgan fingerprint density at radius 2 is 1.61 bits per heavy atom. The van der Waals surface area contributed by atoms with Gasteiger partial charge in [0.15, 0.2) is 11.6 Å². The van der Waals surface area contributed by atoms with Crippen molar-refractivity contribution >= 4 is 23.2 Å². The Bertz CT molecular complexity index is 1240. The minimum absolute atomic E-state index is 0.0118. The molecule has 0 saturated heterocycles. The van der Waals surface area contributed by atoms with Gasteiger partial charge in [0.25, 0.3) is 0 Å².